The van der Waals surface area contributed by atoms with E-state index in [9.17, 15) is 4.79 Å². The van der Waals surface area contributed by atoms with Crippen LogP contribution in [0.15, 0.2) is 66.9 Å². The quantitative estimate of drug-likeness (QED) is 0.668. The van der Waals surface area contributed by atoms with Gasteiger partial charge in [-0.15, -0.1) is 0 Å². The lowest BCUT2D eigenvalue weighted by molar-refractivity contribution is 0.0835. The van der Waals surface area contributed by atoms with Crippen molar-refractivity contribution in [3.05, 3.63) is 78.0 Å². The number of hydrogen-bond donors (Lipinski definition) is 0. The van der Waals surface area contributed by atoms with Gasteiger partial charge in [0.1, 0.15) is 0 Å². The molecule has 126 valence electrons. The van der Waals surface area contributed by atoms with E-state index in [-0.39, 0.29) is 5.92 Å². The zero-order chi connectivity index (χ0) is 17.1. The maximum Gasteiger partial charge on any atom is 0.166 e. The van der Waals surface area contributed by atoms with Crippen LogP contribution in [0.25, 0.3) is 10.9 Å². The van der Waals surface area contributed by atoms with E-state index in [2.05, 4.69) is 34.1 Å². The van der Waals surface area contributed by atoms with E-state index in [1.165, 1.54) is 10.9 Å². The summed E-state index contributed by atoms with van der Waals surface area (Å²) in [6.07, 6.45) is 3.73. The fraction of sp³-hybridized carbons (Fsp3) is 0.273. The average Bonchev–Trinajstić information content (AvgIpc) is 2.69. The number of rotatable bonds is 4. The lowest BCUT2D eigenvalue weighted by Gasteiger charge is -2.31. The Kier molecular flexibility index (Phi) is 4.57. The van der Waals surface area contributed by atoms with Gasteiger partial charge in [-0.1, -0.05) is 54.6 Å². The zero-order valence-corrected chi connectivity index (χ0v) is 14.3. The summed E-state index contributed by atoms with van der Waals surface area (Å²) in [5.74, 6) is 0.455. The lowest BCUT2D eigenvalue weighted by Crippen LogP contribution is -2.36. The van der Waals surface area contributed by atoms with Crippen molar-refractivity contribution in [2.45, 2.75) is 19.4 Å². The van der Waals surface area contributed by atoms with Crippen LogP contribution in [-0.4, -0.2) is 28.8 Å². The molecule has 0 N–H and O–H groups in total. The number of carbonyl (C=O) groups is 1. The molecule has 0 saturated carbocycles. The Labute approximate surface area is 148 Å². The van der Waals surface area contributed by atoms with Crippen molar-refractivity contribution in [3.8, 4) is 0 Å². The van der Waals surface area contributed by atoms with Crippen molar-refractivity contribution in [2.75, 3.05) is 13.1 Å². The topological polar surface area (TPSA) is 33.2 Å². The number of ketones is 1. The molecular weight excluding hydrogens is 308 g/mol. The second-order valence-corrected chi connectivity index (χ2v) is 6.77. The minimum absolute atomic E-state index is 0.157. The van der Waals surface area contributed by atoms with Gasteiger partial charge in [0.15, 0.2) is 5.78 Å². The standard InChI is InChI=1S/C22H22N2O/c25-22(18-6-2-1-3-7-18)19-11-14-24(15-12-19)16-20-9-4-8-17-10-5-13-23-21(17)20/h1-10,13,19H,11-12,14-16H2. The minimum Gasteiger partial charge on any atom is -0.299 e. The van der Waals surface area contributed by atoms with E-state index in [1.807, 2.05) is 42.6 Å². The highest BCUT2D eigenvalue weighted by molar-refractivity contribution is 5.97. The number of fused-ring (bicyclic) bond motifs is 1. The molecular formula is C22H22N2O. The van der Waals surface area contributed by atoms with E-state index < -0.39 is 0 Å². The molecule has 0 unspecified atom stereocenters. The molecule has 0 bridgehead atoms. The van der Waals surface area contributed by atoms with Gasteiger partial charge in [-0.05, 0) is 37.6 Å². The molecule has 0 amide bonds. The van der Waals surface area contributed by atoms with Crippen LogP contribution in [0.2, 0.25) is 0 Å². The van der Waals surface area contributed by atoms with Gasteiger partial charge in [-0.3, -0.25) is 14.7 Å². The molecule has 2 aromatic carbocycles. The number of aromatic nitrogens is 1. The van der Waals surface area contributed by atoms with Gasteiger partial charge in [-0.25, -0.2) is 0 Å². The molecule has 3 nitrogen and oxygen atoms in total. The van der Waals surface area contributed by atoms with Crippen LogP contribution in [0.3, 0.4) is 0 Å². The summed E-state index contributed by atoms with van der Waals surface area (Å²) in [5, 5.41) is 1.19. The number of hydrogen-bond acceptors (Lipinski definition) is 3. The van der Waals surface area contributed by atoms with Gasteiger partial charge in [0, 0.05) is 29.6 Å². The molecule has 1 aliphatic rings. The molecule has 2 heterocycles. The smallest absolute Gasteiger partial charge is 0.166 e. The average molecular weight is 330 g/mol. The predicted octanol–water partition coefficient (Wildman–Crippen LogP) is 4.33. The Bertz CT molecular complexity index is 862. The number of piperidine rings is 1. The largest absolute Gasteiger partial charge is 0.299 e. The summed E-state index contributed by atoms with van der Waals surface area (Å²) in [7, 11) is 0. The highest BCUT2D eigenvalue weighted by Gasteiger charge is 2.25. The molecule has 1 fully saturated rings. The molecule has 1 aliphatic heterocycles. The van der Waals surface area contributed by atoms with Crippen molar-refractivity contribution < 1.29 is 4.79 Å². The number of benzene rings is 2. The maximum atomic E-state index is 12.6. The number of likely N-dealkylation sites (tertiary alicyclic amines) is 1. The van der Waals surface area contributed by atoms with Crippen LogP contribution in [-0.2, 0) is 6.54 Å². The molecule has 1 aromatic heterocycles. The summed E-state index contributed by atoms with van der Waals surface area (Å²) < 4.78 is 0. The summed E-state index contributed by atoms with van der Waals surface area (Å²) in [6.45, 7) is 2.83. The summed E-state index contributed by atoms with van der Waals surface area (Å²) in [5.41, 5.74) is 3.21. The van der Waals surface area contributed by atoms with Crippen molar-refractivity contribution >= 4 is 16.7 Å². The van der Waals surface area contributed by atoms with Gasteiger partial charge in [0.05, 0.1) is 5.52 Å². The number of Topliss-reactive ketones (excluding diaryl/α,β-unsaturated/α-hetero) is 1. The fourth-order valence-electron chi connectivity index (χ4n) is 3.73. The predicted molar refractivity (Wildman–Crippen MR) is 101 cm³/mol. The van der Waals surface area contributed by atoms with E-state index >= 15 is 0 Å². The Hall–Kier alpha value is -2.52. The van der Waals surface area contributed by atoms with Gasteiger partial charge < -0.3 is 0 Å². The van der Waals surface area contributed by atoms with Crippen LogP contribution >= 0.6 is 0 Å². The first kappa shape index (κ1) is 16.0. The van der Waals surface area contributed by atoms with Crippen molar-refractivity contribution in [1.82, 2.24) is 9.88 Å². The van der Waals surface area contributed by atoms with Crippen molar-refractivity contribution in [3.63, 3.8) is 0 Å². The summed E-state index contributed by atoms with van der Waals surface area (Å²) in [6, 6.07) is 20.2. The van der Waals surface area contributed by atoms with E-state index in [1.54, 1.807) is 0 Å². The SMILES string of the molecule is O=C(c1ccccc1)C1CCN(Cc2cccc3cccnc23)CC1. The number of carbonyl (C=O) groups excluding carboxylic acids is 1. The molecule has 0 aliphatic carbocycles. The number of pyridine rings is 1. The molecule has 3 heteroatoms. The molecule has 25 heavy (non-hydrogen) atoms. The Balaban J connectivity index is 1.41. The highest BCUT2D eigenvalue weighted by Crippen LogP contribution is 2.24. The summed E-state index contributed by atoms with van der Waals surface area (Å²) >= 11 is 0. The first-order chi connectivity index (χ1) is 12.3. The first-order valence-corrected chi connectivity index (χ1v) is 8.95. The number of para-hydroxylation sites is 1. The van der Waals surface area contributed by atoms with Crippen LogP contribution < -0.4 is 0 Å². The zero-order valence-electron chi connectivity index (χ0n) is 14.3. The van der Waals surface area contributed by atoms with Crippen LogP contribution in [0.4, 0.5) is 0 Å². The van der Waals surface area contributed by atoms with Gasteiger partial charge in [0.25, 0.3) is 0 Å². The second kappa shape index (κ2) is 7.16. The lowest BCUT2D eigenvalue weighted by atomic mass is 9.88. The van der Waals surface area contributed by atoms with Crippen molar-refractivity contribution in [2.24, 2.45) is 5.92 Å². The van der Waals surface area contributed by atoms with E-state index in [0.29, 0.717) is 5.78 Å². The summed E-state index contributed by atoms with van der Waals surface area (Å²) in [4.78, 5) is 19.6. The normalized spacial score (nSPS) is 16.2. The third kappa shape index (κ3) is 3.47. The second-order valence-electron chi connectivity index (χ2n) is 6.77. The third-order valence-electron chi connectivity index (χ3n) is 5.13. The first-order valence-electron chi connectivity index (χ1n) is 8.95. The Morgan fingerprint density at radius 1 is 0.960 bits per heavy atom. The fourth-order valence-corrected chi connectivity index (χ4v) is 3.73. The van der Waals surface area contributed by atoms with Crippen LogP contribution in [0, 0.1) is 5.92 Å². The van der Waals surface area contributed by atoms with Gasteiger partial charge >= 0.3 is 0 Å². The third-order valence-corrected chi connectivity index (χ3v) is 5.13. The van der Waals surface area contributed by atoms with Crippen LogP contribution in [0.5, 0.6) is 0 Å². The van der Waals surface area contributed by atoms with Crippen LogP contribution in [0.1, 0.15) is 28.8 Å². The van der Waals surface area contributed by atoms with Crippen molar-refractivity contribution in [1.29, 1.82) is 0 Å². The van der Waals surface area contributed by atoms with E-state index in [0.717, 1.165) is 43.6 Å². The Morgan fingerprint density at radius 2 is 1.72 bits per heavy atom. The Morgan fingerprint density at radius 3 is 2.52 bits per heavy atom. The molecule has 3 aromatic rings. The molecule has 4 rings (SSSR count). The highest BCUT2D eigenvalue weighted by atomic mass is 16.1. The van der Waals surface area contributed by atoms with Gasteiger partial charge in [0.2, 0.25) is 0 Å². The maximum absolute atomic E-state index is 12.6. The molecule has 0 radical (unpaired) electrons. The molecule has 0 spiro atoms. The number of nitrogens with zero attached hydrogens (tertiary/aromatic N) is 2. The van der Waals surface area contributed by atoms with E-state index in [4.69, 9.17) is 0 Å². The molecule has 1 saturated heterocycles. The van der Waals surface area contributed by atoms with Gasteiger partial charge in [-0.2, -0.15) is 0 Å². The monoisotopic (exact) mass is 330 g/mol. The molecule has 0 atom stereocenters. The minimum atomic E-state index is 0.157.